The lowest BCUT2D eigenvalue weighted by atomic mass is 9.83. The van der Waals surface area contributed by atoms with Crippen LogP contribution in [0.2, 0.25) is 0 Å². The summed E-state index contributed by atoms with van der Waals surface area (Å²) in [5.74, 6) is 0.331. The third-order valence-corrected chi connectivity index (χ3v) is 5.35. The summed E-state index contributed by atoms with van der Waals surface area (Å²) < 4.78 is 32.1. The third kappa shape index (κ3) is 4.53. The van der Waals surface area contributed by atoms with Gasteiger partial charge in [0.1, 0.15) is 0 Å². The standard InChI is InChI=1S/C16H24O4S/c1-12-7-10-16(21(18,19)20)14(11-12)8-9-15(17)13-5-3-2-4-6-13/h7,10-11,13,15,17H,2-6,8-9H2,1H3,(H,18,19,20). The quantitative estimate of drug-likeness (QED) is 0.819. The van der Waals surface area contributed by atoms with E-state index in [0.717, 1.165) is 18.4 Å². The zero-order chi connectivity index (χ0) is 15.5. The van der Waals surface area contributed by atoms with Crippen LogP contribution < -0.4 is 0 Å². The topological polar surface area (TPSA) is 74.6 Å². The first-order valence-electron chi connectivity index (χ1n) is 7.63. The van der Waals surface area contributed by atoms with E-state index in [2.05, 4.69) is 0 Å². The van der Waals surface area contributed by atoms with Crippen molar-refractivity contribution in [2.75, 3.05) is 0 Å². The van der Waals surface area contributed by atoms with Crippen LogP contribution in [0, 0.1) is 12.8 Å². The summed E-state index contributed by atoms with van der Waals surface area (Å²) in [5.41, 5.74) is 1.54. The molecule has 118 valence electrons. The molecule has 1 atom stereocenters. The zero-order valence-electron chi connectivity index (χ0n) is 12.5. The first-order chi connectivity index (χ1) is 9.88. The highest BCUT2D eigenvalue weighted by atomic mass is 32.2. The van der Waals surface area contributed by atoms with Gasteiger partial charge in [0.05, 0.1) is 11.0 Å². The molecule has 0 radical (unpaired) electrons. The second-order valence-electron chi connectivity index (χ2n) is 6.09. The zero-order valence-corrected chi connectivity index (χ0v) is 13.3. The minimum absolute atomic E-state index is 0.0380. The lowest BCUT2D eigenvalue weighted by Crippen LogP contribution is -2.23. The van der Waals surface area contributed by atoms with Crippen molar-refractivity contribution in [2.24, 2.45) is 5.92 Å². The highest BCUT2D eigenvalue weighted by Crippen LogP contribution is 2.29. The molecular weight excluding hydrogens is 288 g/mol. The SMILES string of the molecule is Cc1ccc(S(=O)(=O)O)c(CCC(O)C2CCCCC2)c1. The molecular formula is C16H24O4S. The van der Waals surface area contributed by atoms with Crippen LogP contribution in [0.3, 0.4) is 0 Å². The van der Waals surface area contributed by atoms with Crippen molar-refractivity contribution in [1.29, 1.82) is 0 Å². The van der Waals surface area contributed by atoms with Crippen molar-refractivity contribution < 1.29 is 18.1 Å². The lowest BCUT2D eigenvalue weighted by Gasteiger charge is -2.26. The first-order valence-corrected chi connectivity index (χ1v) is 9.07. The van der Waals surface area contributed by atoms with Crippen LogP contribution in [-0.2, 0) is 16.5 Å². The minimum atomic E-state index is -4.20. The average molecular weight is 312 g/mol. The molecule has 1 unspecified atom stereocenters. The number of aliphatic hydroxyl groups excluding tert-OH is 1. The summed E-state index contributed by atoms with van der Waals surface area (Å²) >= 11 is 0. The fraction of sp³-hybridized carbons (Fsp3) is 0.625. The third-order valence-electron chi connectivity index (χ3n) is 4.40. The van der Waals surface area contributed by atoms with E-state index >= 15 is 0 Å². The van der Waals surface area contributed by atoms with Crippen molar-refractivity contribution in [1.82, 2.24) is 0 Å². The largest absolute Gasteiger partial charge is 0.393 e. The highest BCUT2D eigenvalue weighted by molar-refractivity contribution is 7.85. The Morgan fingerprint density at radius 3 is 2.52 bits per heavy atom. The lowest BCUT2D eigenvalue weighted by molar-refractivity contribution is 0.0774. The normalized spacial score (nSPS) is 18.6. The molecule has 21 heavy (non-hydrogen) atoms. The molecule has 0 saturated heterocycles. The number of rotatable bonds is 5. The fourth-order valence-corrected chi connectivity index (χ4v) is 3.95. The molecule has 4 nitrogen and oxygen atoms in total. The smallest absolute Gasteiger partial charge is 0.294 e. The van der Waals surface area contributed by atoms with Gasteiger partial charge in [-0.1, -0.05) is 37.0 Å². The molecule has 0 amide bonds. The molecule has 1 aliphatic carbocycles. The molecule has 2 rings (SSSR count). The summed E-state index contributed by atoms with van der Waals surface area (Å²) in [7, 11) is -4.20. The molecule has 5 heteroatoms. The van der Waals surface area contributed by atoms with Gasteiger partial charge in [-0.15, -0.1) is 0 Å². The molecule has 0 aliphatic heterocycles. The van der Waals surface area contributed by atoms with E-state index in [1.165, 1.54) is 25.3 Å². The van der Waals surface area contributed by atoms with Gasteiger partial charge in [0, 0.05) is 0 Å². The Labute approximate surface area is 126 Å². The van der Waals surface area contributed by atoms with Crippen molar-refractivity contribution in [3.05, 3.63) is 29.3 Å². The number of aliphatic hydroxyl groups is 1. The molecule has 0 bridgehead atoms. The van der Waals surface area contributed by atoms with Crippen LogP contribution in [0.1, 0.15) is 49.7 Å². The first kappa shape index (κ1) is 16.5. The van der Waals surface area contributed by atoms with E-state index in [1.807, 2.05) is 6.92 Å². The van der Waals surface area contributed by atoms with Crippen molar-refractivity contribution in [3.63, 3.8) is 0 Å². The second-order valence-corrected chi connectivity index (χ2v) is 7.48. The van der Waals surface area contributed by atoms with Crippen LogP contribution in [0.5, 0.6) is 0 Å². The Bertz CT molecular complexity index is 574. The van der Waals surface area contributed by atoms with Crippen molar-refractivity contribution in [3.8, 4) is 0 Å². The highest BCUT2D eigenvalue weighted by Gasteiger charge is 2.22. The van der Waals surface area contributed by atoms with Gasteiger partial charge in [0.15, 0.2) is 0 Å². The van der Waals surface area contributed by atoms with E-state index in [0.29, 0.717) is 24.3 Å². The average Bonchev–Trinajstić information content (AvgIpc) is 2.44. The fourth-order valence-electron chi connectivity index (χ4n) is 3.21. The number of benzene rings is 1. The summed E-state index contributed by atoms with van der Waals surface area (Å²) in [6, 6.07) is 4.88. The monoisotopic (exact) mass is 312 g/mol. The second kappa shape index (κ2) is 6.90. The Morgan fingerprint density at radius 2 is 1.90 bits per heavy atom. The van der Waals surface area contributed by atoms with Crippen LogP contribution in [0.4, 0.5) is 0 Å². The molecule has 1 saturated carbocycles. The Hall–Kier alpha value is -0.910. The maximum Gasteiger partial charge on any atom is 0.294 e. The summed E-state index contributed by atoms with van der Waals surface area (Å²) in [6.07, 6.45) is 6.31. The predicted octanol–water partition coefficient (Wildman–Crippen LogP) is 3.12. The van der Waals surface area contributed by atoms with E-state index in [9.17, 15) is 18.1 Å². The maximum atomic E-state index is 11.4. The van der Waals surface area contributed by atoms with Crippen molar-refractivity contribution >= 4 is 10.1 Å². The number of hydrogen-bond donors (Lipinski definition) is 2. The number of hydrogen-bond acceptors (Lipinski definition) is 3. The Balaban J connectivity index is 2.07. The van der Waals surface area contributed by atoms with Crippen LogP contribution >= 0.6 is 0 Å². The Morgan fingerprint density at radius 1 is 1.24 bits per heavy atom. The molecule has 1 aliphatic rings. The molecule has 0 spiro atoms. The molecule has 1 aromatic rings. The molecule has 1 fully saturated rings. The van der Waals surface area contributed by atoms with Crippen LogP contribution in [0.15, 0.2) is 23.1 Å². The van der Waals surface area contributed by atoms with Gasteiger partial charge in [0.25, 0.3) is 10.1 Å². The molecule has 0 aromatic heterocycles. The summed E-state index contributed by atoms with van der Waals surface area (Å²) in [5, 5.41) is 10.3. The van der Waals surface area contributed by atoms with Gasteiger partial charge in [-0.25, -0.2) is 0 Å². The van der Waals surface area contributed by atoms with E-state index in [-0.39, 0.29) is 11.0 Å². The van der Waals surface area contributed by atoms with E-state index < -0.39 is 10.1 Å². The van der Waals surface area contributed by atoms with Crippen molar-refractivity contribution in [2.45, 2.75) is 62.9 Å². The Kier molecular flexibility index (Phi) is 5.41. The number of aryl methyl sites for hydroxylation is 2. The van der Waals surface area contributed by atoms with Crippen LogP contribution in [0.25, 0.3) is 0 Å². The minimum Gasteiger partial charge on any atom is -0.393 e. The van der Waals surface area contributed by atoms with Gasteiger partial charge in [-0.05, 0) is 50.2 Å². The molecule has 1 aromatic carbocycles. The van der Waals surface area contributed by atoms with Gasteiger partial charge < -0.3 is 5.11 Å². The van der Waals surface area contributed by atoms with Crippen LogP contribution in [-0.4, -0.2) is 24.2 Å². The summed E-state index contributed by atoms with van der Waals surface area (Å²) in [4.78, 5) is -0.0380. The predicted molar refractivity (Wildman–Crippen MR) is 81.9 cm³/mol. The van der Waals surface area contributed by atoms with Gasteiger partial charge in [0.2, 0.25) is 0 Å². The van der Waals surface area contributed by atoms with Gasteiger partial charge >= 0.3 is 0 Å². The van der Waals surface area contributed by atoms with Gasteiger partial charge in [-0.3, -0.25) is 4.55 Å². The molecule has 2 N–H and O–H groups in total. The van der Waals surface area contributed by atoms with E-state index in [4.69, 9.17) is 0 Å². The molecule has 0 heterocycles. The summed E-state index contributed by atoms with van der Waals surface area (Å²) in [6.45, 7) is 1.88. The van der Waals surface area contributed by atoms with Gasteiger partial charge in [-0.2, -0.15) is 8.42 Å². The maximum absolute atomic E-state index is 11.4. The van der Waals surface area contributed by atoms with E-state index in [1.54, 1.807) is 12.1 Å².